The van der Waals surface area contributed by atoms with E-state index in [1.54, 1.807) is 0 Å². The predicted octanol–water partition coefficient (Wildman–Crippen LogP) is 5.46. The molecule has 1 N–H and O–H groups in total. The lowest BCUT2D eigenvalue weighted by Crippen LogP contribution is -1.85. The molecule has 0 aliphatic rings. The van der Waals surface area contributed by atoms with Crippen LogP contribution in [0.15, 0.2) is 66.9 Å². The molecule has 104 valence electrons. The molecule has 2 nitrogen and oxygen atoms in total. The summed E-state index contributed by atoms with van der Waals surface area (Å²) in [7, 11) is 0. The van der Waals surface area contributed by atoms with E-state index in [9.17, 15) is 0 Å². The van der Waals surface area contributed by atoms with E-state index < -0.39 is 0 Å². The van der Waals surface area contributed by atoms with Gasteiger partial charge in [-0.25, -0.2) is 0 Å². The summed E-state index contributed by atoms with van der Waals surface area (Å²) >= 11 is 5.62. The van der Waals surface area contributed by atoms with Crippen LogP contribution in [0.5, 0.6) is 0 Å². The van der Waals surface area contributed by atoms with Crippen molar-refractivity contribution in [2.45, 2.75) is 0 Å². The maximum Gasteiger partial charge on any atom is 0.113 e. The number of pyridine rings is 2. The van der Waals surface area contributed by atoms with Gasteiger partial charge in [0.2, 0.25) is 0 Å². The highest BCUT2D eigenvalue weighted by Crippen LogP contribution is 2.31. The van der Waals surface area contributed by atoms with Crippen LogP contribution in [0.3, 0.4) is 0 Å². The number of aromatic amines is 1. The van der Waals surface area contributed by atoms with Crippen molar-refractivity contribution in [1.82, 2.24) is 9.38 Å². The molecule has 0 fully saturated rings. The Hall–Kier alpha value is -2.65. The number of hydrogen-bond acceptors (Lipinski definition) is 1. The van der Waals surface area contributed by atoms with Gasteiger partial charge in [0.15, 0.2) is 0 Å². The number of H-pyrrole nitrogens is 1. The monoisotopic (exact) mass is 300 g/mol. The molecule has 3 heterocycles. The van der Waals surface area contributed by atoms with Crippen molar-refractivity contribution in [3.63, 3.8) is 0 Å². The van der Waals surface area contributed by atoms with Gasteiger partial charge in [-0.15, -0.1) is 0 Å². The highest BCUT2D eigenvalue weighted by molar-refractivity contribution is 7.71. The molecule has 0 saturated heterocycles. The van der Waals surface area contributed by atoms with Crippen molar-refractivity contribution in [1.29, 1.82) is 0 Å². The Morgan fingerprint density at radius 3 is 2.55 bits per heavy atom. The quantitative estimate of drug-likeness (QED) is 0.377. The third-order valence-electron chi connectivity index (χ3n) is 4.35. The maximum absolute atomic E-state index is 5.62. The average molecular weight is 300 g/mol. The summed E-state index contributed by atoms with van der Waals surface area (Å²) < 4.78 is 3.04. The number of benzene rings is 2. The minimum absolute atomic E-state index is 0.798. The Kier molecular flexibility index (Phi) is 2.27. The number of rotatable bonds is 0. The largest absolute Gasteiger partial charge is 0.346 e. The zero-order valence-electron chi connectivity index (χ0n) is 11.7. The van der Waals surface area contributed by atoms with Crippen LogP contribution in [0.25, 0.3) is 38.1 Å². The molecule has 0 aliphatic heterocycles. The fraction of sp³-hybridized carbons (Fsp3) is 0. The summed E-state index contributed by atoms with van der Waals surface area (Å²) in [4.78, 5) is 3.36. The Morgan fingerprint density at radius 1 is 0.773 bits per heavy atom. The van der Waals surface area contributed by atoms with E-state index in [-0.39, 0.29) is 0 Å². The first-order valence-electron chi connectivity index (χ1n) is 7.26. The first-order chi connectivity index (χ1) is 10.8. The van der Waals surface area contributed by atoms with Crippen molar-refractivity contribution >= 4 is 50.3 Å². The summed E-state index contributed by atoms with van der Waals surface area (Å²) in [5, 5.41) is 4.77. The van der Waals surface area contributed by atoms with Gasteiger partial charge in [-0.2, -0.15) is 0 Å². The van der Waals surface area contributed by atoms with Gasteiger partial charge >= 0.3 is 0 Å². The van der Waals surface area contributed by atoms with Gasteiger partial charge in [-0.3, -0.25) is 0 Å². The molecule has 0 atom stereocenters. The highest BCUT2D eigenvalue weighted by Gasteiger charge is 2.10. The minimum Gasteiger partial charge on any atom is -0.346 e. The fourth-order valence-electron chi connectivity index (χ4n) is 3.36. The van der Waals surface area contributed by atoms with Crippen LogP contribution in [0.2, 0.25) is 0 Å². The molecule has 0 bridgehead atoms. The van der Waals surface area contributed by atoms with Gasteiger partial charge in [0.05, 0.1) is 11.0 Å². The topological polar surface area (TPSA) is 20.2 Å². The van der Waals surface area contributed by atoms with Crippen molar-refractivity contribution in [3.05, 3.63) is 71.5 Å². The molecular weight excluding hydrogens is 288 g/mol. The van der Waals surface area contributed by atoms with E-state index in [0.717, 1.165) is 21.1 Å². The average Bonchev–Trinajstić information content (AvgIpc) is 2.96. The molecule has 0 radical (unpaired) electrons. The molecule has 22 heavy (non-hydrogen) atoms. The van der Waals surface area contributed by atoms with Gasteiger partial charge < -0.3 is 9.38 Å². The van der Waals surface area contributed by atoms with E-state index in [1.807, 2.05) is 6.07 Å². The van der Waals surface area contributed by atoms with Crippen LogP contribution in [0.1, 0.15) is 0 Å². The molecule has 3 heteroatoms. The second kappa shape index (κ2) is 4.18. The summed E-state index contributed by atoms with van der Waals surface area (Å²) in [6.07, 6.45) is 2.21. The molecule has 5 rings (SSSR count). The van der Waals surface area contributed by atoms with Crippen LogP contribution in [-0.2, 0) is 0 Å². The van der Waals surface area contributed by atoms with Crippen LogP contribution < -0.4 is 0 Å². The summed E-state index contributed by atoms with van der Waals surface area (Å²) in [6.45, 7) is 0. The van der Waals surface area contributed by atoms with Crippen molar-refractivity contribution in [2.24, 2.45) is 0 Å². The summed E-state index contributed by atoms with van der Waals surface area (Å²) in [6, 6.07) is 21.1. The van der Waals surface area contributed by atoms with Gasteiger partial charge in [0, 0.05) is 27.9 Å². The van der Waals surface area contributed by atoms with Crippen LogP contribution in [-0.4, -0.2) is 9.38 Å². The Balaban J connectivity index is 2.15. The lowest BCUT2D eigenvalue weighted by atomic mass is 10.1. The van der Waals surface area contributed by atoms with E-state index in [0.29, 0.717) is 0 Å². The predicted molar refractivity (Wildman–Crippen MR) is 95.1 cm³/mol. The van der Waals surface area contributed by atoms with Crippen LogP contribution >= 0.6 is 12.2 Å². The van der Waals surface area contributed by atoms with E-state index >= 15 is 0 Å². The molecule has 0 spiro atoms. The Labute approximate surface area is 131 Å². The normalized spacial score (nSPS) is 11.8. The van der Waals surface area contributed by atoms with Gasteiger partial charge in [-0.05, 0) is 23.6 Å². The lowest BCUT2D eigenvalue weighted by molar-refractivity contribution is 1.28. The standard InChI is InChI=1S/C19H12N2S/c22-19-18-14(13-6-2-3-7-15(13)20-19)11-21-16-8-4-1-5-12(16)9-10-17(18)21/h1-11H,(H,20,22). The van der Waals surface area contributed by atoms with E-state index in [1.165, 1.54) is 21.7 Å². The highest BCUT2D eigenvalue weighted by atomic mass is 32.1. The summed E-state index contributed by atoms with van der Waals surface area (Å²) in [5.74, 6) is 0. The lowest BCUT2D eigenvalue weighted by Gasteiger charge is -2.02. The van der Waals surface area contributed by atoms with Crippen molar-refractivity contribution in [3.8, 4) is 0 Å². The molecular formula is C19H12N2S. The molecule has 0 aliphatic carbocycles. The fourth-order valence-corrected chi connectivity index (χ4v) is 3.68. The molecule has 5 aromatic rings. The smallest absolute Gasteiger partial charge is 0.113 e. The second-order valence-electron chi connectivity index (χ2n) is 5.56. The Bertz CT molecular complexity index is 1240. The van der Waals surface area contributed by atoms with Crippen LogP contribution in [0, 0.1) is 4.64 Å². The van der Waals surface area contributed by atoms with Crippen molar-refractivity contribution < 1.29 is 0 Å². The van der Waals surface area contributed by atoms with Gasteiger partial charge in [-0.1, -0.05) is 54.7 Å². The number of nitrogens with zero attached hydrogens (tertiary/aromatic N) is 1. The first kappa shape index (κ1) is 12.0. The minimum atomic E-state index is 0.798. The molecule has 0 unspecified atom stereocenters. The molecule has 0 amide bonds. The molecule has 2 aromatic carbocycles. The SMILES string of the molecule is S=c1[nH]c2ccccc2c2cn3c4ccccc4ccc3c12. The first-order valence-corrected chi connectivity index (χ1v) is 7.67. The van der Waals surface area contributed by atoms with E-state index in [4.69, 9.17) is 12.2 Å². The number of hydrogen-bond donors (Lipinski definition) is 1. The maximum atomic E-state index is 5.62. The number of aromatic nitrogens is 2. The van der Waals surface area contributed by atoms with Gasteiger partial charge in [0.1, 0.15) is 4.64 Å². The summed E-state index contributed by atoms with van der Waals surface area (Å²) in [5.41, 5.74) is 3.44. The second-order valence-corrected chi connectivity index (χ2v) is 5.97. The van der Waals surface area contributed by atoms with Crippen LogP contribution in [0.4, 0.5) is 0 Å². The third-order valence-corrected chi connectivity index (χ3v) is 4.66. The third kappa shape index (κ3) is 1.46. The number of nitrogens with one attached hydrogen (secondary N) is 1. The zero-order chi connectivity index (χ0) is 14.7. The van der Waals surface area contributed by atoms with Crippen molar-refractivity contribution in [2.75, 3.05) is 0 Å². The Morgan fingerprint density at radius 2 is 1.59 bits per heavy atom. The molecule has 3 aromatic heterocycles. The number of para-hydroxylation sites is 2. The van der Waals surface area contributed by atoms with Gasteiger partial charge in [0.25, 0.3) is 0 Å². The molecule has 0 saturated carbocycles. The van der Waals surface area contributed by atoms with E-state index in [2.05, 4.69) is 70.2 Å². The number of fused-ring (bicyclic) bond motifs is 7. The zero-order valence-corrected chi connectivity index (χ0v) is 12.5.